The minimum absolute atomic E-state index is 0.0775. The van der Waals surface area contributed by atoms with Gasteiger partial charge in [-0.2, -0.15) is 0 Å². The molecular formula is C26H18N2O6P2. The molecule has 0 amide bonds. The zero-order valence-electron chi connectivity index (χ0n) is 18.6. The first-order valence-electron chi connectivity index (χ1n) is 11.0. The van der Waals surface area contributed by atoms with Crippen LogP contribution in [0.15, 0.2) is 97.1 Å². The molecule has 8 nitrogen and oxygen atoms in total. The molecule has 178 valence electrons. The maximum absolute atomic E-state index is 12.6. The standard InChI is InChI=1S/C26H18N2O6P2/c29-25-19-11-3-7-15-23(19)33-27(35-25)31-21-13-5-1-9-17(21)18-10-2-6-14-22(18)32-28-34-24-16-8-4-12-20(24)26(30)36-28/h1-16,35-36H. The Morgan fingerprint density at radius 2 is 0.861 bits per heavy atom. The number of nitrogens with zero attached hydrogens (tertiary/aromatic N) is 2. The Labute approximate surface area is 209 Å². The lowest BCUT2D eigenvalue weighted by atomic mass is 10.0. The Morgan fingerprint density at radius 3 is 1.31 bits per heavy atom. The molecule has 6 rings (SSSR count). The van der Waals surface area contributed by atoms with Crippen molar-refractivity contribution in [2.45, 2.75) is 0 Å². The molecule has 2 aliphatic heterocycles. The van der Waals surface area contributed by atoms with Gasteiger partial charge in [-0.3, -0.25) is 9.59 Å². The summed E-state index contributed by atoms with van der Waals surface area (Å²) in [6.07, 6.45) is 0. The third kappa shape index (κ3) is 4.43. The van der Waals surface area contributed by atoms with Crippen LogP contribution in [0.1, 0.15) is 20.7 Å². The predicted molar refractivity (Wildman–Crippen MR) is 136 cm³/mol. The topological polar surface area (TPSA) is 77.5 Å². The van der Waals surface area contributed by atoms with Gasteiger partial charge in [0.25, 0.3) is 0 Å². The van der Waals surface area contributed by atoms with Crippen LogP contribution in [0.5, 0.6) is 23.0 Å². The van der Waals surface area contributed by atoms with E-state index in [0.29, 0.717) is 45.3 Å². The average molecular weight is 516 g/mol. The maximum atomic E-state index is 12.6. The van der Waals surface area contributed by atoms with Gasteiger partial charge in [0.05, 0.1) is 21.1 Å². The molecule has 4 aromatic rings. The van der Waals surface area contributed by atoms with Crippen LogP contribution in [0.2, 0.25) is 0 Å². The van der Waals surface area contributed by atoms with Gasteiger partial charge in [-0.05, 0) is 36.4 Å². The van der Waals surface area contributed by atoms with Crippen molar-refractivity contribution in [3.05, 3.63) is 108 Å². The number of hydrogen-bond donors (Lipinski definition) is 0. The molecule has 0 spiro atoms. The molecule has 2 heterocycles. The first kappa shape index (κ1) is 22.7. The fourth-order valence-corrected chi connectivity index (χ4v) is 5.34. The van der Waals surface area contributed by atoms with Crippen molar-refractivity contribution < 1.29 is 28.9 Å². The van der Waals surface area contributed by atoms with E-state index < -0.39 is 0 Å². The third-order valence-corrected chi connectivity index (χ3v) is 7.11. The molecule has 2 unspecified atom stereocenters. The highest BCUT2D eigenvalue weighted by Gasteiger charge is 2.29. The minimum Gasteiger partial charge on any atom is -0.367 e. The first-order valence-corrected chi connectivity index (χ1v) is 12.9. The molecule has 0 N–H and O–H groups in total. The lowest BCUT2D eigenvalue weighted by Crippen LogP contribution is -2.29. The van der Waals surface area contributed by atoms with Crippen molar-refractivity contribution in [3.8, 4) is 34.1 Å². The van der Waals surface area contributed by atoms with E-state index in [-0.39, 0.29) is 28.5 Å². The van der Waals surface area contributed by atoms with Crippen molar-refractivity contribution >= 4 is 28.5 Å². The van der Waals surface area contributed by atoms with Gasteiger partial charge in [-0.15, -0.1) is 0 Å². The summed E-state index contributed by atoms with van der Waals surface area (Å²) < 4.78 is 0. The molecule has 0 fully saturated rings. The largest absolute Gasteiger partial charge is 0.367 e. The van der Waals surface area contributed by atoms with Crippen molar-refractivity contribution in [2.24, 2.45) is 0 Å². The van der Waals surface area contributed by atoms with Crippen molar-refractivity contribution in [3.63, 3.8) is 0 Å². The normalized spacial score (nSPS) is 16.7. The summed E-state index contributed by atoms with van der Waals surface area (Å²) in [5, 5.41) is 0. The summed E-state index contributed by atoms with van der Waals surface area (Å²) in [6, 6.07) is 28.8. The number of rotatable bonds is 5. The minimum atomic E-state index is -0.352. The van der Waals surface area contributed by atoms with Crippen LogP contribution in [-0.4, -0.2) is 21.0 Å². The summed E-state index contributed by atoms with van der Waals surface area (Å²) in [6.45, 7) is 0. The number of carbonyl (C=O) groups excluding carboxylic acids is 2. The Hall–Kier alpha value is -3.80. The summed E-state index contributed by atoms with van der Waals surface area (Å²) >= 11 is 0. The van der Waals surface area contributed by atoms with Gasteiger partial charge in [0, 0.05) is 11.1 Å². The zero-order chi connectivity index (χ0) is 24.5. The van der Waals surface area contributed by atoms with Gasteiger partial charge in [-0.1, -0.05) is 60.7 Å². The van der Waals surface area contributed by atoms with Crippen LogP contribution in [0.3, 0.4) is 0 Å². The highest BCUT2D eigenvalue weighted by atomic mass is 31.1. The number of fused-ring (bicyclic) bond motifs is 2. The van der Waals surface area contributed by atoms with Crippen molar-refractivity contribution in [1.29, 1.82) is 0 Å². The lowest BCUT2D eigenvalue weighted by molar-refractivity contribution is -0.171. The SMILES string of the molecule is O=C1PN(Oc2ccccc2-c2ccccc2ON2Oc3ccccc3C(=O)P2)Oc2ccccc21. The highest BCUT2D eigenvalue weighted by molar-refractivity contribution is 7.56. The van der Waals surface area contributed by atoms with E-state index in [0.717, 1.165) is 0 Å². The summed E-state index contributed by atoms with van der Waals surface area (Å²) in [4.78, 5) is 51.2. The molecule has 0 aliphatic carbocycles. The van der Waals surface area contributed by atoms with Gasteiger partial charge in [-0.25, -0.2) is 0 Å². The fraction of sp³-hybridized carbons (Fsp3) is 0. The molecule has 4 aromatic carbocycles. The van der Waals surface area contributed by atoms with E-state index in [1.807, 2.05) is 36.4 Å². The molecule has 0 bridgehead atoms. The van der Waals surface area contributed by atoms with Gasteiger partial charge >= 0.3 is 0 Å². The molecule has 36 heavy (non-hydrogen) atoms. The second-order valence-electron chi connectivity index (χ2n) is 7.75. The second-order valence-corrected chi connectivity index (χ2v) is 9.83. The van der Waals surface area contributed by atoms with Crippen LogP contribution in [-0.2, 0) is 0 Å². The molecule has 0 saturated heterocycles. The molecular weight excluding hydrogens is 498 g/mol. The first-order chi connectivity index (χ1) is 17.7. The van der Waals surface area contributed by atoms with Crippen LogP contribution in [0, 0.1) is 0 Å². The highest BCUT2D eigenvalue weighted by Crippen LogP contribution is 2.43. The summed E-state index contributed by atoms with van der Waals surface area (Å²) in [5.41, 5.74) is 2.32. The Morgan fingerprint density at radius 1 is 0.500 bits per heavy atom. The van der Waals surface area contributed by atoms with E-state index in [2.05, 4.69) is 0 Å². The van der Waals surface area contributed by atoms with E-state index in [4.69, 9.17) is 19.4 Å². The van der Waals surface area contributed by atoms with Crippen molar-refractivity contribution in [1.82, 2.24) is 9.99 Å². The zero-order valence-corrected chi connectivity index (χ0v) is 20.6. The predicted octanol–water partition coefficient (Wildman–Crippen LogP) is 6.03. The second kappa shape index (κ2) is 9.69. The Kier molecular flexibility index (Phi) is 6.09. The number of benzene rings is 4. The van der Waals surface area contributed by atoms with Crippen LogP contribution in [0.4, 0.5) is 0 Å². The third-order valence-electron chi connectivity index (χ3n) is 5.44. The van der Waals surface area contributed by atoms with Crippen LogP contribution < -0.4 is 19.4 Å². The smallest absolute Gasteiger partial charge is 0.207 e. The number of carbonyl (C=O) groups is 2. The van der Waals surface area contributed by atoms with Gasteiger partial charge in [0.15, 0.2) is 23.0 Å². The van der Waals surface area contributed by atoms with Crippen LogP contribution in [0.25, 0.3) is 11.1 Å². The van der Waals surface area contributed by atoms with E-state index in [1.54, 1.807) is 60.7 Å². The fourth-order valence-electron chi connectivity index (χ4n) is 3.78. The molecule has 0 saturated carbocycles. The van der Waals surface area contributed by atoms with E-state index in [1.165, 1.54) is 9.99 Å². The monoisotopic (exact) mass is 516 g/mol. The lowest BCUT2D eigenvalue weighted by Gasteiger charge is -2.28. The summed E-state index contributed by atoms with van der Waals surface area (Å²) in [7, 11) is -0.704. The quantitative estimate of drug-likeness (QED) is 0.298. The molecule has 2 atom stereocenters. The molecule has 0 radical (unpaired) electrons. The molecule has 0 aromatic heterocycles. The Bertz CT molecular complexity index is 1370. The average Bonchev–Trinajstić information content (AvgIpc) is 2.90. The molecule has 2 aliphatic rings. The summed E-state index contributed by atoms with van der Waals surface area (Å²) in [5.74, 6) is 1.82. The number of para-hydroxylation sites is 4. The van der Waals surface area contributed by atoms with E-state index >= 15 is 0 Å². The van der Waals surface area contributed by atoms with Crippen molar-refractivity contribution in [2.75, 3.05) is 0 Å². The van der Waals surface area contributed by atoms with Crippen LogP contribution >= 0.6 is 17.5 Å². The van der Waals surface area contributed by atoms with Gasteiger partial charge < -0.3 is 19.4 Å². The van der Waals surface area contributed by atoms with Gasteiger partial charge in [0.2, 0.25) is 11.0 Å². The number of hydrogen-bond acceptors (Lipinski definition) is 8. The Balaban J connectivity index is 1.27. The maximum Gasteiger partial charge on any atom is 0.207 e. The van der Waals surface area contributed by atoms with E-state index in [9.17, 15) is 9.59 Å². The van der Waals surface area contributed by atoms with Gasteiger partial charge in [0.1, 0.15) is 17.5 Å². The molecule has 10 heteroatoms.